The topological polar surface area (TPSA) is 83.9 Å². The molecule has 0 aromatic rings. The first kappa shape index (κ1) is 11.4. The molecule has 0 aliphatic carbocycles. The van der Waals surface area contributed by atoms with Crippen LogP contribution in [-0.4, -0.2) is 42.4 Å². The molecule has 1 unspecified atom stereocenters. The molecule has 7 heteroatoms. The van der Waals surface area contributed by atoms with Gasteiger partial charge in [-0.15, -0.1) is 0 Å². The maximum Gasteiger partial charge on any atom is 0.323 e. The van der Waals surface area contributed by atoms with Crippen molar-refractivity contribution in [3.05, 3.63) is 0 Å². The molecule has 1 fully saturated rings. The predicted octanol–water partition coefficient (Wildman–Crippen LogP) is -0.183. The molecular formula is C7H13NO5S. The quantitative estimate of drug-likeness (QED) is 0.717. The summed E-state index contributed by atoms with van der Waals surface area (Å²) in [4.78, 5) is 15.4. The lowest BCUT2D eigenvalue weighted by Gasteiger charge is -2.26. The van der Waals surface area contributed by atoms with E-state index >= 15 is 0 Å². The summed E-state index contributed by atoms with van der Waals surface area (Å²) in [6, 6.07) is 0. The summed E-state index contributed by atoms with van der Waals surface area (Å²) in [5.74, 6) is -1.36. The highest BCUT2D eigenvalue weighted by Crippen LogP contribution is 2.15. The van der Waals surface area contributed by atoms with Crippen LogP contribution in [0.15, 0.2) is 0 Å². The molecule has 1 N–H and O–H groups in total. The highest BCUT2D eigenvalue weighted by atomic mass is 32.2. The Balaban J connectivity index is 2.78. The van der Waals surface area contributed by atoms with Crippen molar-refractivity contribution in [3.8, 4) is 0 Å². The summed E-state index contributed by atoms with van der Waals surface area (Å²) in [7, 11) is -3.85. The molecular weight excluding hydrogens is 210 g/mol. The highest BCUT2D eigenvalue weighted by Gasteiger charge is 2.35. The van der Waals surface area contributed by atoms with Crippen molar-refractivity contribution in [2.24, 2.45) is 0 Å². The Morgan fingerprint density at radius 1 is 1.50 bits per heavy atom. The molecule has 6 nitrogen and oxygen atoms in total. The fraction of sp³-hybridized carbons (Fsp3) is 0.857. The first-order valence-electron chi connectivity index (χ1n) is 4.33. The van der Waals surface area contributed by atoms with Gasteiger partial charge in [-0.1, -0.05) is 4.47 Å². The van der Waals surface area contributed by atoms with Crippen LogP contribution in [0.25, 0.3) is 0 Å². The second-order valence-electron chi connectivity index (χ2n) is 3.09. The van der Waals surface area contributed by atoms with Crippen molar-refractivity contribution >= 4 is 16.0 Å². The molecule has 0 radical (unpaired) electrons. The zero-order chi connectivity index (χ0) is 10.8. The van der Waals surface area contributed by atoms with Gasteiger partial charge < -0.3 is 5.11 Å². The molecule has 1 saturated heterocycles. The van der Waals surface area contributed by atoms with Gasteiger partial charge in [-0.2, -0.15) is 0 Å². The summed E-state index contributed by atoms with van der Waals surface area (Å²) in [5.41, 5.74) is 0. The molecule has 1 aliphatic heterocycles. The number of nitrogens with zero attached hydrogens (tertiary/aromatic N) is 1. The van der Waals surface area contributed by atoms with E-state index in [1.165, 1.54) is 0 Å². The average Bonchev–Trinajstić information content (AvgIpc) is 2.18. The van der Waals surface area contributed by atoms with Crippen molar-refractivity contribution in [3.63, 3.8) is 0 Å². The Labute approximate surface area is 82.5 Å². The summed E-state index contributed by atoms with van der Waals surface area (Å²) in [5, 5.41) is 7.13. The maximum absolute atomic E-state index is 11.5. The van der Waals surface area contributed by atoms with Crippen LogP contribution < -0.4 is 0 Å². The van der Waals surface area contributed by atoms with E-state index in [2.05, 4.69) is 0 Å². The third-order valence-corrected chi connectivity index (χ3v) is 4.00. The highest BCUT2D eigenvalue weighted by molar-refractivity contribution is 7.90. The third-order valence-electron chi connectivity index (χ3n) is 2.05. The molecule has 0 aromatic heterocycles. The van der Waals surface area contributed by atoms with Crippen molar-refractivity contribution in [2.45, 2.75) is 25.0 Å². The Morgan fingerprint density at radius 2 is 2.14 bits per heavy atom. The predicted molar refractivity (Wildman–Crippen MR) is 47.9 cm³/mol. The van der Waals surface area contributed by atoms with Crippen LogP contribution in [0.3, 0.4) is 0 Å². The number of sulfonamides is 1. The van der Waals surface area contributed by atoms with E-state index < -0.39 is 21.2 Å². The number of aliphatic carboxylic acids is 1. The minimum absolute atomic E-state index is 0.236. The molecule has 0 saturated carbocycles. The van der Waals surface area contributed by atoms with Crippen LogP contribution in [-0.2, 0) is 19.7 Å². The number of carboxylic acid groups (broad SMARTS) is 1. The van der Waals surface area contributed by atoms with E-state index in [1.807, 2.05) is 0 Å². The van der Waals surface area contributed by atoms with Crippen LogP contribution >= 0.6 is 0 Å². The lowest BCUT2D eigenvalue weighted by atomic mass is 10.3. The number of hydroxylamine groups is 1. The fourth-order valence-corrected chi connectivity index (χ4v) is 2.29. The molecule has 14 heavy (non-hydrogen) atoms. The molecule has 0 bridgehead atoms. The van der Waals surface area contributed by atoms with Crippen LogP contribution in [0.5, 0.6) is 0 Å². The lowest BCUT2D eigenvalue weighted by Crippen LogP contribution is -2.43. The lowest BCUT2D eigenvalue weighted by molar-refractivity contribution is -0.137. The summed E-state index contributed by atoms with van der Waals surface area (Å²) >= 11 is 0. The molecule has 0 amide bonds. The van der Waals surface area contributed by atoms with E-state index in [-0.39, 0.29) is 6.54 Å². The van der Waals surface area contributed by atoms with Gasteiger partial charge in [0.1, 0.15) is 0 Å². The zero-order valence-corrected chi connectivity index (χ0v) is 8.66. The van der Waals surface area contributed by atoms with Crippen molar-refractivity contribution < 1.29 is 23.2 Å². The SMILES string of the molecule is CC(C(=O)O)S(=O)(=O)N1CCCCO1. The molecule has 1 atom stereocenters. The summed E-state index contributed by atoms with van der Waals surface area (Å²) < 4.78 is 23.9. The van der Waals surface area contributed by atoms with E-state index in [0.29, 0.717) is 13.0 Å². The van der Waals surface area contributed by atoms with Gasteiger partial charge in [0, 0.05) is 6.54 Å². The van der Waals surface area contributed by atoms with Crippen LogP contribution in [0.2, 0.25) is 0 Å². The minimum Gasteiger partial charge on any atom is -0.480 e. The number of hydrogen-bond donors (Lipinski definition) is 1. The number of rotatable bonds is 3. The van der Waals surface area contributed by atoms with E-state index in [4.69, 9.17) is 9.94 Å². The molecule has 82 valence electrons. The van der Waals surface area contributed by atoms with Gasteiger partial charge in [0.15, 0.2) is 5.25 Å². The Morgan fingerprint density at radius 3 is 2.57 bits per heavy atom. The smallest absolute Gasteiger partial charge is 0.323 e. The van der Waals surface area contributed by atoms with Crippen LogP contribution in [0.1, 0.15) is 19.8 Å². The third kappa shape index (κ3) is 2.23. The van der Waals surface area contributed by atoms with Gasteiger partial charge in [-0.05, 0) is 19.8 Å². The zero-order valence-electron chi connectivity index (χ0n) is 7.84. The van der Waals surface area contributed by atoms with Crippen LogP contribution in [0, 0.1) is 0 Å². The van der Waals surface area contributed by atoms with Gasteiger partial charge in [-0.3, -0.25) is 9.63 Å². The van der Waals surface area contributed by atoms with E-state index in [0.717, 1.165) is 17.8 Å². The first-order valence-corrected chi connectivity index (χ1v) is 5.84. The number of carbonyl (C=O) groups is 1. The van der Waals surface area contributed by atoms with Crippen molar-refractivity contribution in [2.75, 3.05) is 13.2 Å². The largest absolute Gasteiger partial charge is 0.480 e. The fourth-order valence-electron chi connectivity index (χ4n) is 1.08. The summed E-state index contributed by atoms with van der Waals surface area (Å²) in [6.45, 7) is 1.70. The molecule has 0 aromatic carbocycles. The molecule has 1 rings (SSSR count). The monoisotopic (exact) mass is 223 g/mol. The van der Waals surface area contributed by atoms with Gasteiger partial charge in [0.25, 0.3) is 0 Å². The Hall–Kier alpha value is -0.660. The van der Waals surface area contributed by atoms with E-state index in [1.54, 1.807) is 0 Å². The first-order chi connectivity index (χ1) is 6.46. The van der Waals surface area contributed by atoms with Gasteiger partial charge >= 0.3 is 5.97 Å². The summed E-state index contributed by atoms with van der Waals surface area (Å²) in [6.07, 6.45) is 1.50. The minimum atomic E-state index is -3.85. The second kappa shape index (κ2) is 4.24. The van der Waals surface area contributed by atoms with Gasteiger partial charge in [0.05, 0.1) is 6.61 Å². The Kier molecular flexibility index (Phi) is 3.46. The second-order valence-corrected chi connectivity index (χ2v) is 5.24. The Bertz CT molecular complexity index is 306. The van der Waals surface area contributed by atoms with Crippen LogP contribution in [0.4, 0.5) is 0 Å². The number of carboxylic acids is 1. The van der Waals surface area contributed by atoms with Crippen molar-refractivity contribution in [1.29, 1.82) is 0 Å². The molecule has 0 spiro atoms. The normalized spacial score (nSPS) is 21.8. The maximum atomic E-state index is 11.5. The van der Waals surface area contributed by atoms with Crippen molar-refractivity contribution in [1.82, 2.24) is 4.47 Å². The number of hydrogen-bond acceptors (Lipinski definition) is 4. The van der Waals surface area contributed by atoms with E-state index in [9.17, 15) is 13.2 Å². The van der Waals surface area contributed by atoms with Gasteiger partial charge in [0.2, 0.25) is 10.0 Å². The standard InChI is InChI=1S/C7H13NO5S/c1-6(7(9)10)14(11,12)8-4-2-3-5-13-8/h6H,2-5H2,1H3,(H,9,10). The average molecular weight is 223 g/mol. The molecule has 1 aliphatic rings. The van der Waals surface area contributed by atoms with Gasteiger partial charge in [-0.25, -0.2) is 8.42 Å². The molecule has 1 heterocycles.